The van der Waals surface area contributed by atoms with E-state index in [2.05, 4.69) is 10.6 Å². The number of carbonyl (C=O) groups excluding carboxylic acids is 2. The van der Waals surface area contributed by atoms with E-state index in [1.807, 2.05) is 61.3 Å². The summed E-state index contributed by atoms with van der Waals surface area (Å²) in [5.74, 6) is -0.293. The predicted octanol–water partition coefficient (Wildman–Crippen LogP) is 4.13. The molecular weight excluding hydrogens is 485 g/mol. The van der Waals surface area contributed by atoms with E-state index < -0.39 is 30.7 Å². The highest BCUT2D eigenvalue weighted by Crippen LogP contribution is 2.31. The van der Waals surface area contributed by atoms with Gasteiger partial charge < -0.3 is 10.2 Å². The second kappa shape index (κ2) is 9.23. The minimum absolute atomic E-state index is 0.132. The quantitative estimate of drug-likeness (QED) is 0.508. The fourth-order valence-corrected chi connectivity index (χ4v) is 4.57. The van der Waals surface area contributed by atoms with Crippen LogP contribution >= 0.6 is 0 Å². The minimum atomic E-state index is -4.56. The van der Waals surface area contributed by atoms with Crippen molar-refractivity contribution in [3.63, 3.8) is 0 Å². The Hall–Kier alpha value is -4.41. The van der Waals surface area contributed by atoms with Crippen LogP contribution in [0.25, 0.3) is 11.3 Å². The molecule has 0 spiro atoms. The lowest BCUT2D eigenvalue weighted by Gasteiger charge is -2.35. The van der Waals surface area contributed by atoms with Gasteiger partial charge in [-0.2, -0.15) is 18.3 Å². The lowest BCUT2D eigenvalue weighted by atomic mass is 9.94. The number of aromatic nitrogens is 2. The number of anilines is 1. The molecule has 2 N–H and O–H groups in total. The second-order valence-corrected chi connectivity index (χ2v) is 8.99. The summed E-state index contributed by atoms with van der Waals surface area (Å²) in [5, 5.41) is 10.3. The summed E-state index contributed by atoms with van der Waals surface area (Å²) >= 11 is 0. The number of amides is 3. The van der Waals surface area contributed by atoms with Crippen LogP contribution in [0.5, 0.6) is 0 Å². The Morgan fingerprint density at radius 1 is 1.14 bits per heavy atom. The van der Waals surface area contributed by atoms with Crippen LogP contribution in [-0.4, -0.2) is 63.7 Å². The fourth-order valence-electron chi connectivity index (χ4n) is 4.57. The summed E-state index contributed by atoms with van der Waals surface area (Å²) in [6, 6.07) is 14.2. The highest BCUT2D eigenvalue weighted by molar-refractivity contribution is 6.10. The number of para-hydroxylation sites is 1. The number of rotatable bonds is 5. The van der Waals surface area contributed by atoms with Gasteiger partial charge in [-0.15, -0.1) is 0 Å². The molecule has 2 aliphatic rings. The zero-order valence-electron chi connectivity index (χ0n) is 20.1. The molecule has 0 radical (unpaired) electrons. The maximum absolute atomic E-state index is 13.2. The standard InChI is InChI=1S/C26H23F3N6O2/c1-16-22(17-12-33(2)13-17)32-35(18-8-4-3-5-9-18)23(16)31-25(37)30-21-14-34(15-26(27,28)29)24(36)20-11-7-6-10-19(20)21/h3-13,21H,14-15H2,1-2H3,(H-,30,31,32,37)/p+1. The van der Waals surface area contributed by atoms with Crippen LogP contribution in [0.15, 0.2) is 60.8 Å². The highest BCUT2D eigenvalue weighted by Gasteiger charge is 2.39. The molecule has 0 saturated carbocycles. The highest BCUT2D eigenvalue weighted by atomic mass is 19.4. The van der Waals surface area contributed by atoms with E-state index in [4.69, 9.17) is 5.10 Å². The third kappa shape index (κ3) is 4.84. The third-order valence-corrected chi connectivity index (χ3v) is 6.25. The smallest absolute Gasteiger partial charge is 0.329 e. The normalized spacial score (nSPS) is 16.9. The lowest BCUT2D eigenvalue weighted by Crippen LogP contribution is -2.49. The summed E-state index contributed by atoms with van der Waals surface area (Å²) in [6.45, 7) is 0.131. The second-order valence-electron chi connectivity index (χ2n) is 8.99. The van der Waals surface area contributed by atoms with Crippen LogP contribution in [0.1, 0.15) is 33.2 Å². The monoisotopic (exact) mass is 509 g/mol. The first-order valence-corrected chi connectivity index (χ1v) is 11.6. The Labute approximate surface area is 210 Å². The van der Waals surface area contributed by atoms with Gasteiger partial charge in [0.2, 0.25) is 0 Å². The molecule has 5 rings (SSSR count). The van der Waals surface area contributed by atoms with Gasteiger partial charge in [0.25, 0.3) is 5.91 Å². The Kier molecular flexibility index (Phi) is 6.06. The zero-order chi connectivity index (χ0) is 26.3. The molecule has 0 fully saturated rings. The first-order chi connectivity index (χ1) is 17.6. The summed E-state index contributed by atoms with van der Waals surface area (Å²) in [5.41, 5.74) is 3.65. The fraction of sp³-hybridized carbons (Fsp3) is 0.231. The number of benzene rings is 2. The van der Waals surface area contributed by atoms with Gasteiger partial charge in [-0.05, 0) is 30.7 Å². The number of allylic oxidation sites excluding steroid dienone is 1. The maximum atomic E-state index is 13.2. The molecule has 3 heterocycles. The molecule has 3 aromatic rings. The van der Waals surface area contributed by atoms with Crippen LogP contribution in [0.4, 0.5) is 23.8 Å². The van der Waals surface area contributed by atoms with Crippen LogP contribution in [-0.2, 0) is 0 Å². The van der Waals surface area contributed by atoms with Crippen molar-refractivity contribution in [3.8, 4) is 5.69 Å². The third-order valence-electron chi connectivity index (χ3n) is 6.25. The molecule has 1 aromatic heterocycles. The van der Waals surface area contributed by atoms with E-state index in [0.29, 0.717) is 22.0 Å². The number of nitrogens with zero attached hydrogens (tertiary/aromatic N) is 4. The molecule has 2 aliphatic heterocycles. The lowest BCUT2D eigenvalue weighted by molar-refractivity contribution is -0.423. The van der Waals surface area contributed by atoms with Crippen molar-refractivity contribution in [1.29, 1.82) is 0 Å². The van der Waals surface area contributed by atoms with Gasteiger partial charge in [-0.1, -0.05) is 36.4 Å². The topological polar surface area (TPSA) is 82.3 Å². The molecule has 0 aliphatic carbocycles. The summed E-state index contributed by atoms with van der Waals surface area (Å²) in [7, 11) is 1.90. The number of carbonyl (C=O) groups is 2. The first kappa shape index (κ1) is 24.3. The average Bonchev–Trinajstić information content (AvgIpc) is 3.15. The molecule has 1 unspecified atom stereocenters. The van der Waals surface area contributed by atoms with Crippen molar-refractivity contribution in [2.75, 3.05) is 25.5 Å². The molecule has 0 bridgehead atoms. The van der Waals surface area contributed by atoms with E-state index in [1.54, 1.807) is 22.9 Å². The summed E-state index contributed by atoms with van der Waals surface area (Å²) in [6.07, 6.45) is -0.731. The van der Waals surface area contributed by atoms with Crippen molar-refractivity contribution in [2.45, 2.75) is 19.1 Å². The van der Waals surface area contributed by atoms with Crippen LogP contribution in [0.3, 0.4) is 0 Å². The van der Waals surface area contributed by atoms with Crippen LogP contribution < -0.4 is 10.6 Å². The molecule has 0 saturated heterocycles. The van der Waals surface area contributed by atoms with Crippen molar-refractivity contribution < 1.29 is 27.3 Å². The van der Waals surface area contributed by atoms with E-state index in [1.165, 1.54) is 6.07 Å². The van der Waals surface area contributed by atoms with E-state index in [0.717, 1.165) is 16.8 Å². The molecule has 37 heavy (non-hydrogen) atoms. The molecular formula is C26H24F3N6O2+. The SMILES string of the molecule is Cc1c(C2=C[N+](C)=C2)nn(-c2ccccc2)c1NC(=O)NC1CN(CC(F)(F)F)C(=O)c2ccccc21. The molecule has 3 amide bonds. The van der Waals surface area contributed by atoms with Gasteiger partial charge in [0.15, 0.2) is 12.4 Å². The predicted molar refractivity (Wildman–Crippen MR) is 132 cm³/mol. The van der Waals surface area contributed by atoms with Gasteiger partial charge in [0, 0.05) is 17.7 Å². The Morgan fingerprint density at radius 3 is 2.49 bits per heavy atom. The van der Waals surface area contributed by atoms with Gasteiger partial charge >= 0.3 is 12.2 Å². The van der Waals surface area contributed by atoms with Gasteiger partial charge in [-0.25, -0.2) is 14.1 Å². The molecule has 11 heteroatoms. The van der Waals surface area contributed by atoms with Crippen molar-refractivity contribution in [3.05, 3.63) is 83.2 Å². The van der Waals surface area contributed by atoms with Gasteiger partial charge in [-0.3, -0.25) is 10.1 Å². The number of hydrogen-bond donors (Lipinski definition) is 2. The maximum Gasteiger partial charge on any atom is 0.406 e. The number of nitrogens with one attached hydrogen (secondary N) is 2. The van der Waals surface area contributed by atoms with E-state index >= 15 is 0 Å². The van der Waals surface area contributed by atoms with E-state index in [-0.39, 0.29) is 12.1 Å². The number of alkyl halides is 3. The van der Waals surface area contributed by atoms with Crippen molar-refractivity contribution in [2.24, 2.45) is 0 Å². The van der Waals surface area contributed by atoms with Gasteiger partial charge in [0.1, 0.15) is 30.7 Å². The number of hydrogen-bond acceptors (Lipinski definition) is 3. The van der Waals surface area contributed by atoms with Crippen LogP contribution in [0.2, 0.25) is 0 Å². The molecule has 1 atom stereocenters. The Morgan fingerprint density at radius 2 is 1.81 bits per heavy atom. The minimum Gasteiger partial charge on any atom is -0.329 e. The summed E-state index contributed by atoms with van der Waals surface area (Å²) in [4.78, 5) is 26.6. The Bertz CT molecular complexity index is 1440. The summed E-state index contributed by atoms with van der Waals surface area (Å²) < 4.78 is 42.9. The largest absolute Gasteiger partial charge is 0.406 e. The molecule has 190 valence electrons. The number of urea groups is 1. The molecule has 8 nitrogen and oxygen atoms in total. The van der Waals surface area contributed by atoms with Crippen molar-refractivity contribution in [1.82, 2.24) is 20.0 Å². The van der Waals surface area contributed by atoms with E-state index in [9.17, 15) is 22.8 Å². The average molecular weight is 510 g/mol. The zero-order valence-corrected chi connectivity index (χ0v) is 20.1. The van der Waals surface area contributed by atoms with Gasteiger partial charge in [0.05, 0.1) is 11.7 Å². The number of halogens is 3. The van der Waals surface area contributed by atoms with Crippen molar-refractivity contribution >= 4 is 29.5 Å². The molecule has 2 aromatic carbocycles. The number of fused-ring (bicyclic) bond motifs is 1. The first-order valence-electron chi connectivity index (χ1n) is 11.6. The van der Waals surface area contributed by atoms with Crippen LogP contribution in [0, 0.1) is 6.92 Å². The Balaban J connectivity index is 1.43.